The highest BCUT2D eigenvalue weighted by Gasteiger charge is 2.50. The molecule has 1 unspecified atom stereocenters. The maximum Gasteiger partial charge on any atom is 0.410 e. The van der Waals surface area contributed by atoms with Crippen molar-refractivity contribution in [3.8, 4) is 0 Å². The van der Waals surface area contributed by atoms with E-state index in [-0.39, 0.29) is 29.6 Å². The first-order valence-corrected chi connectivity index (χ1v) is 16.6. The first-order chi connectivity index (χ1) is 19.1. The van der Waals surface area contributed by atoms with E-state index in [0.29, 0.717) is 39.1 Å². The molecule has 2 aromatic carbocycles. The number of benzene rings is 2. The van der Waals surface area contributed by atoms with Crippen LogP contribution in [0.25, 0.3) is 0 Å². The first kappa shape index (κ1) is 33.0. The molecular formula is C33H50N2O5Si. The van der Waals surface area contributed by atoms with Crippen molar-refractivity contribution in [1.29, 1.82) is 0 Å². The van der Waals surface area contributed by atoms with Gasteiger partial charge in [-0.15, -0.1) is 0 Å². The molecule has 3 rings (SSSR count). The van der Waals surface area contributed by atoms with Crippen LogP contribution in [0.4, 0.5) is 4.79 Å². The second-order valence-corrected chi connectivity index (χ2v) is 18.1. The van der Waals surface area contributed by atoms with Crippen molar-refractivity contribution >= 4 is 30.6 Å². The monoisotopic (exact) mass is 582 g/mol. The second kappa shape index (κ2) is 13.2. The predicted octanol–water partition coefficient (Wildman–Crippen LogP) is 4.60. The third-order valence-corrected chi connectivity index (χ3v) is 12.9. The van der Waals surface area contributed by atoms with Crippen molar-refractivity contribution in [2.45, 2.75) is 90.5 Å². The van der Waals surface area contributed by atoms with Gasteiger partial charge in [-0.2, -0.15) is 0 Å². The number of amides is 1. The van der Waals surface area contributed by atoms with Crippen molar-refractivity contribution in [2.24, 2.45) is 0 Å². The molecule has 1 atom stereocenters. The van der Waals surface area contributed by atoms with Crippen LogP contribution in [0.15, 0.2) is 60.7 Å². The van der Waals surface area contributed by atoms with Crippen molar-refractivity contribution < 1.29 is 23.9 Å². The lowest BCUT2D eigenvalue weighted by molar-refractivity contribution is -0.123. The Morgan fingerprint density at radius 2 is 1.41 bits per heavy atom. The number of ketones is 1. The number of rotatable bonds is 10. The van der Waals surface area contributed by atoms with Crippen molar-refractivity contribution in [1.82, 2.24) is 9.80 Å². The van der Waals surface area contributed by atoms with E-state index < -0.39 is 19.5 Å². The summed E-state index contributed by atoms with van der Waals surface area (Å²) in [7, 11) is -2.70. The van der Waals surface area contributed by atoms with Crippen LogP contribution in [0.5, 0.6) is 0 Å². The highest BCUT2D eigenvalue weighted by Crippen LogP contribution is 2.37. The Kier molecular flexibility index (Phi) is 10.6. The SMILES string of the molecule is CC(C)(C)OC(=O)N1CCN(C(C)(C)CC(=O)CCO[Si](c2ccccc2)(c2ccccc2)C(C)(C)C)C(CO)C1. The molecule has 0 radical (unpaired) electrons. The molecule has 1 heterocycles. The maximum absolute atomic E-state index is 13.4. The summed E-state index contributed by atoms with van der Waals surface area (Å²) >= 11 is 0. The Balaban J connectivity index is 1.70. The number of hydrogen-bond acceptors (Lipinski definition) is 6. The zero-order valence-corrected chi connectivity index (χ0v) is 27.3. The van der Waals surface area contributed by atoms with Gasteiger partial charge in [-0.05, 0) is 50.0 Å². The van der Waals surface area contributed by atoms with Crippen LogP contribution in [-0.2, 0) is 14.0 Å². The van der Waals surface area contributed by atoms with Crippen LogP contribution in [0.2, 0.25) is 5.04 Å². The largest absolute Gasteiger partial charge is 0.444 e. The molecule has 0 aromatic heterocycles. The van der Waals surface area contributed by atoms with E-state index in [2.05, 4.69) is 74.2 Å². The molecule has 1 aliphatic rings. The number of carbonyl (C=O) groups excluding carboxylic acids is 2. The lowest BCUT2D eigenvalue weighted by Gasteiger charge is -2.48. The number of Topliss-reactive ketones (excluding diaryl/α,β-unsaturated/α-hetero) is 1. The van der Waals surface area contributed by atoms with E-state index in [1.807, 2.05) is 46.8 Å². The Hall–Kier alpha value is -2.52. The van der Waals surface area contributed by atoms with Gasteiger partial charge in [-0.1, -0.05) is 81.4 Å². The zero-order valence-electron chi connectivity index (χ0n) is 26.3. The highest BCUT2D eigenvalue weighted by atomic mass is 28.4. The first-order valence-electron chi connectivity index (χ1n) is 14.7. The lowest BCUT2D eigenvalue weighted by Crippen LogP contribution is -2.66. The summed E-state index contributed by atoms with van der Waals surface area (Å²) in [6, 6.07) is 20.6. The third kappa shape index (κ3) is 8.06. The Morgan fingerprint density at radius 3 is 1.88 bits per heavy atom. The number of nitrogens with zero attached hydrogens (tertiary/aromatic N) is 2. The summed E-state index contributed by atoms with van der Waals surface area (Å²) in [6.45, 7) is 18.0. The molecule has 2 aromatic rings. The molecule has 1 fully saturated rings. The summed E-state index contributed by atoms with van der Waals surface area (Å²) < 4.78 is 12.5. The average molecular weight is 583 g/mol. The topological polar surface area (TPSA) is 79.3 Å². The molecule has 7 nitrogen and oxygen atoms in total. The van der Waals surface area contributed by atoms with Gasteiger partial charge in [0, 0.05) is 44.6 Å². The van der Waals surface area contributed by atoms with Crippen LogP contribution in [0, 0.1) is 0 Å². The fourth-order valence-corrected chi connectivity index (χ4v) is 10.6. The Labute approximate surface area is 248 Å². The van der Waals surface area contributed by atoms with E-state index in [1.54, 1.807) is 4.90 Å². The minimum absolute atomic E-state index is 0.103. The highest BCUT2D eigenvalue weighted by molar-refractivity contribution is 6.99. The van der Waals surface area contributed by atoms with Gasteiger partial charge in [-0.3, -0.25) is 9.69 Å². The number of piperazine rings is 1. The molecule has 1 aliphatic heterocycles. The Morgan fingerprint density at radius 1 is 0.878 bits per heavy atom. The number of carbonyl (C=O) groups is 2. The zero-order chi connectivity index (χ0) is 30.5. The maximum atomic E-state index is 13.4. The molecule has 0 spiro atoms. The number of aliphatic hydroxyl groups excluding tert-OH is 1. The van der Waals surface area contributed by atoms with Gasteiger partial charge < -0.3 is 19.2 Å². The Bertz CT molecular complexity index is 1100. The van der Waals surface area contributed by atoms with Gasteiger partial charge in [0.25, 0.3) is 8.32 Å². The molecule has 1 amide bonds. The molecule has 226 valence electrons. The van der Waals surface area contributed by atoms with Crippen LogP contribution in [0.3, 0.4) is 0 Å². The summed E-state index contributed by atoms with van der Waals surface area (Å²) in [5.41, 5.74) is -1.06. The smallest absolute Gasteiger partial charge is 0.410 e. The van der Waals surface area contributed by atoms with Gasteiger partial charge in [0.05, 0.1) is 12.6 Å². The quantitative estimate of drug-likeness (QED) is 0.413. The number of aliphatic hydroxyl groups is 1. The van der Waals surface area contributed by atoms with E-state index in [1.165, 1.54) is 10.4 Å². The molecule has 8 heteroatoms. The number of hydrogen-bond donors (Lipinski definition) is 1. The van der Waals surface area contributed by atoms with E-state index >= 15 is 0 Å². The molecule has 0 aliphatic carbocycles. The van der Waals surface area contributed by atoms with Gasteiger partial charge in [-0.25, -0.2) is 4.79 Å². The van der Waals surface area contributed by atoms with Crippen LogP contribution in [-0.4, -0.2) is 85.1 Å². The van der Waals surface area contributed by atoms with Crippen LogP contribution >= 0.6 is 0 Å². The fourth-order valence-electron chi connectivity index (χ4n) is 6.05. The molecule has 1 saturated heterocycles. The summed E-state index contributed by atoms with van der Waals surface area (Å²) in [5.74, 6) is 0.124. The normalized spacial score (nSPS) is 17.4. The average Bonchev–Trinajstić information content (AvgIpc) is 2.89. The fraction of sp³-hybridized carbons (Fsp3) is 0.576. The van der Waals surface area contributed by atoms with Gasteiger partial charge in [0.1, 0.15) is 11.4 Å². The predicted molar refractivity (Wildman–Crippen MR) is 167 cm³/mol. The van der Waals surface area contributed by atoms with E-state index in [0.717, 1.165) is 0 Å². The van der Waals surface area contributed by atoms with Crippen LogP contribution < -0.4 is 10.4 Å². The lowest BCUT2D eigenvalue weighted by atomic mass is 9.91. The van der Waals surface area contributed by atoms with E-state index in [9.17, 15) is 14.7 Å². The molecule has 0 bridgehead atoms. The summed E-state index contributed by atoms with van der Waals surface area (Å²) in [5, 5.41) is 12.4. The number of ether oxygens (including phenoxy) is 1. The summed E-state index contributed by atoms with van der Waals surface area (Å²) in [4.78, 5) is 29.8. The minimum Gasteiger partial charge on any atom is -0.444 e. The second-order valence-electron chi connectivity index (χ2n) is 13.7. The van der Waals surface area contributed by atoms with Crippen LogP contribution in [0.1, 0.15) is 68.2 Å². The molecule has 0 saturated carbocycles. The minimum atomic E-state index is -2.70. The summed E-state index contributed by atoms with van der Waals surface area (Å²) in [6.07, 6.45) is 0.278. The van der Waals surface area contributed by atoms with Crippen molar-refractivity contribution in [3.05, 3.63) is 60.7 Å². The van der Waals surface area contributed by atoms with Crippen molar-refractivity contribution in [3.63, 3.8) is 0 Å². The molecule has 41 heavy (non-hydrogen) atoms. The van der Waals surface area contributed by atoms with Gasteiger partial charge in [0.2, 0.25) is 0 Å². The van der Waals surface area contributed by atoms with E-state index in [4.69, 9.17) is 9.16 Å². The van der Waals surface area contributed by atoms with Gasteiger partial charge >= 0.3 is 6.09 Å². The standard InChI is InChI=1S/C33H50N2O5Si/c1-31(2,3)40-30(38)34-20-21-35(26(24-34)25-36)33(7,8)23-27(37)19-22-39-41(32(4,5)6,28-15-11-9-12-16-28)29-17-13-10-14-18-29/h9-18,26,36H,19-25H2,1-8H3. The van der Waals surface area contributed by atoms with Gasteiger partial charge in [0.15, 0.2) is 0 Å². The molecular weight excluding hydrogens is 532 g/mol. The van der Waals surface area contributed by atoms with Crippen molar-refractivity contribution in [2.75, 3.05) is 32.8 Å². The molecule has 1 N–H and O–H groups in total. The third-order valence-electron chi connectivity index (χ3n) is 7.87.